The van der Waals surface area contributed by atoms with E-state index in [1.54, 1.807) is 38.3 Å². The molecule has 90 valence electrons. The van der Waals surface area contributed by atoms with Crippen LogP contribution in [0.1, 0.15) is 13.3 Å². The summed E-state index contributed by atoms with van der Waals surface area (Å²) in [7, 11) is -1.68. The number of hydrogen-bond acceptors (Lipinski definition) is 4. The third-order valence-corrected chi connectivity index (χ3v) is 4.94. The van der Waals surface area contributed by atoms with Crippen LogP contribution in [-0.2, 0) is 9.84 Å². The number of sulfone groups is 1. The molecule has 0 N–H and O–H groups in total. The van der Waals surface area contributed by atoms with Gasteiger partial charge in [-0.05, 0) is 43.4 Å². The highest BCUT2D eigenvalue weighted by atomic mass is 32.2. The Kier molecular flexibility index (Phi) is 4.68. The zero-order valence-corrected chi connectivity index (χ0v) is 11.1. The second-order valence-corrected chi connectivity index (χ2v) is 6.36. The van der Waals surface area contributed by atoms with E-state index < -0.39 is 15.1 Å². The first-order chi connectivity index (χ1) is 7.52. The summed E-state index contributed by atoms with van der Waals surface area (Å²) in [6.07, 6.45) is 0.553. The molecule has 1 aromatic rings. The molecule has 0 bridgehead atoms. The molecular weight excluding hydrogens is 244 g/mol. The third kappa shape index (κ3) is 2.92. The molecule has 0 aliphatic rings. The first kappa shape index (κ1) is 13.4. The number of rotatable bonds is 5. The SMILES string of the molecule is COc1ccc(S(=O)(=O)C(C)CCS)cc1. The Morgan fingerprint density at radius 2 is 1.88 bits per heavy atom. The Bertz CT molecular complexity index is 423. The number of thiol groups is 1. The smallest absolute Gasteiger partial charge is 0.180 e. The van der Waals surface area contributed by atoms with E-state index in [1.165, 1.54) is 0 Å². The van der Waals surface area contributed by atoms with Gasteiger partial charge in [0, 0.05) is 0 Å². The fourth-order valence-electron chi connectivity index (χ4n) is 1.33. The predicted octanol–water partition coefficient (Wildman–Crippen LogP) is 2.18. The molecule has 0 amide bonds. The van der Waals surface area contributed by atoms with Crippen LogP contribution in [0, 0.1) is 0 Å². The fraction of sp³-hybridized carbons (Fsp3) is 0.455. The normalized spacial score (nSPS) is 13.4. The standard InChI is InChI=1S/C11H16O3S2/c1-9(7-8-15)16(12,13)11-5-3-10(14-2)4-6-11/h3-6,9,15H,7-8H2,1-2H3. The summed E-state index contributed by atoms with van der Waals surface area (Å²) in [6.45, 7) is 1.70. The zero-order valence-electron chi connectivity index (χ0n) is 9.38. The molecule has 5 heteroatoms. The molecule has 1 unspecified atom stereocenters. The quantitative estimate of drug-likeness (QED) is 0.825. The molecule has 0 fully saturated rings. The predicted molar refractivity (Wildman–Crippen MR) is 68.1 cm³/mol. The Labute approximate surface area is 102 Å². The highest BCUT2D eigenvalue weighted by Crippen LogP contribution is 2.21. The monoisotopic (exact) mass is 260 g/mol. The van der Waals surface area contributed by atoms with Crippen molar-refractivity contribution in [2.75, 3.05) is 12.9 Å². The van der Waals surface area contributed by atoms with Crippen molar-refractivity contribution in [1.29, 1.82) is 0 Å². The van der Waals surface area contributed by atoms with Gasteiger partial charge in [0.05, 0.1) is 17.3 Å². The lowest BCUT2D eigenvalue weighted by Gasteiger charge is -2.11. The van der Waals surface area contributed by atoms with Crippen molar-refractivity contribution in [3.8, 4) is 5.75 Å². The molecule has 0 saturated heterocycles. The average molecular weight is 260 g/mol. The van der Waals surface area contributed by atoms with Crippen molar-refractivity contribution in [2.45, 2.75) is 23.5 Å². The van der Waals surface area contributed by atoms with E-state index in [0.29, 0.717) is 22.8 Å². The summed E-state index contributed by atoms with van der Waals surface area (Å²) in [6, 6.07) is 6.45. The van der Waals surface area contributed by atoms with E-state index in [0.717, 1.165) is 0 Å². The van der Waals surface area contributed by atoms with Gasteiger partial charge in [-0.2, -0.15) is 12.6 Å². The Morgan fingerprint density at radius 1 is 1.31 bits per heavy atom. The van der Waals surface area contributed by atoms with Crippen LogP contribution < -0.4 is 4.74 Å². The van der Waals surface area contributed by atoms with Gasteiger partial charge in [-0.25, -0.2) is 8.42 Å². The first-order valence-corrected chi connectivity index (χ1v) is 7.19. The summed E-state index contributed by atoms with van der Waals surface area (Å²) in [5.41, 5.74) is 0. The van der Waals surface area contributed by atoms with Crippen LogP contribution in [0.4, 0.5) is 0 Å². The maximum atomic E-state index is 12.0. The lowest BCUT2D eigenvalue weighted by Crippen LogP contribution is -2.18. The molecule has 0 spiro atoms. The fourth-order valence-corrected chi connectivity index (χ4v) is 3.30. The molecule has 0 radical (unpaired) electrons. The van der Waals surface area contributed by atoms with Crippen molar-refractivity contribution < 1.29 is 13.2 Å². The molecule has 0 aromatic heterocycles. The molecule has 0 heterocycles. The second-order valence-electron chi connectivity index (χ2n) is 3.54. The lowest BCUT2D eigenvalue weighted by molar-refractivity contribution is 0.414. The molecule has 1 rings (SSSR count). The maximum absolute atomic E-state index is 12.0. The molecule has 0 aliphatic heterocycles. The van der Waals surface area contributed by atoms with Gasteiger partial charge in [0.1, 0.15) is 5.75 Å². The summed E-state index contributed by atoms with van der Waals surface area (Å²) < 4.78 is 29.1. The lowest BCUT2D eigenvalue weighted by atomic mass is 10.3. The highest BCUT2D eigenvalue weighted by molar-refractivity contribution is 7.92. The van der Waals surface area contributed by atoms with Crippen LogP contribution >= 0.6 is 12.6 Å². The molecule has 0 saturated carbocycles. The second kappa shape index (κ2) is 5.59. The molecular formula is C11H16O3S2. The number of ether oxygens (including phenoxy) is 1. The van der Waals surface area contributed by atoms with Gasteiger partial charge in [-0.3, -0.25) is 0 Å². The maximum Gasteiger partial charge on any atom is 0.180 e. The van der Waals surface area contributed by atoms with Crippen molar-refractivity contribution in [2.24, 2.45) is 0 Å². The van der Waals surface area contributed by atoms with E-state index in [4.69, 9.17) is 4.74 Å². The minimum atomic E-state index is -3.23. The van der Waals surface area contributed by atoms with Crippen LogP contribution in [0.2, 0.25) is 0 Å². The van der Waals surface area contributed by atoms with Crippen molar-refractivity contribution in [3.63, 3.8) is 0 Å². The zero-order chi connectivity index (χ0) is 12.2. The number of methoxy groups -OCH3 is 1. The Balaban J connectivity index is 2.98. The average Bonchev–Trinajstić information content (AvgIpc) is 2.29. The van der Waals surface area contributed by atoms with Gasteiger partial charge >= 0.3 is 0 Å². The summed E-state index contributed by atoms with van der Waals surface area (Å²) in [5, 5.41) is -0.404. The van der Waals surface area contributed by atoms with Crippen molar-refractivity contribution in [3.05, 3.63) is 24.3 Å². The van der Waals surface area contributed by atoms with Crippen LogP contribution in [0.15, 0.2) is 29.2 Å². The molecule has 16 heavy (non-hydrogen) atoms. The summed E-state index contributed by atoms with van der Waals surface area (Å²) in [5.74, 6) is 1.22. The minimum Gasteiger partial charge on any atom is -0.497 e. The summed E-state index contributed by atoms with van der Waals surface area (Å²) >= 11 is 4.05. The highest BCUT2D eigenvalue weighted by Gasteiger charge is 2.22. The van der Waals surface area contributed by atoms with E-state index in [1.807, 2.05) is 0 Å². The van der Waals surface area contributed by atoms with Gasteiger partial charge in [-0.15, -0.1) is 0 Å². The van der Waals surface area contributed by atoms with Gasteiger partial charge in [0.25, 0.3) is 0 Å². The van der Waals surface area contributed by atoms with E-state index >= 15 is 0 Å². The topological polar surface area (TPSA) is 43.4 Å². The van der Waals surface area contributed by atoms with Gasteiger partial charge in [-0.1, -0.05) is 0 Å². The first-order valence-electron chi connectivity index (χ1n) is 5.01. The largest absolute Gasteiger partial charge is 0.497 e. The van der Waals surface area contributed by atoms with E-state index in [-0.39, 0.29) is 0 Å². The Morgan fingerprint density at radius 3 is 2.31 bits per heavy atom. The van der Waals surface area contributed by atoms with E-state index in [9.17, 15) is 8.42 Å². The minimum absolute atomic E-state index is 0.336. The number of hydrogen-bond donors (Lipinski definition) is 1. The van der Waals surface area contributed by atoms with Crippen molar-refractivity contribution >= 4 is 22.5 Å². The molecule has 0 aliphatic carbocycles. The molecule has 1 aromatic carbocycles. The Hall–Kier alpha value is -0.680. The summed E-state index contributed by atoms with van der Waals surface area (Å²) in [4.78, 5) is 0.336. The van der Waals surface area contributed by atoms with Crippen LogP contribution in [-0.4, -0.2) is 26.5 Å². The number of benzene rings is 1. The van der Waals surface area contributed by atoms with Gasteiger partial charge < -0.3 is 4.74 Å². The molecule has 1 atom stereocenters. The molecule has 3 nitrogen and oxygen atoms in total. The van der Waals surface area contributed by atoms with Crippen LogP contribution in [0.3, 0.4) is 0 Å². The third-order valence-electron chi connectivity index (χ3n) is 2.45. The van der Waals surface area contributed by atoms with E-state index in [2.05, 4.69) is 12.6 Å². The van der Waals surface area contributed by atoms with Gasteiger partial charge in [0.2, 0.25) is 0 Å². The van der Waals surface area contributed by atoms with Crippen LogP contribution in [0.5, 0.6) is 5.75 Å². The van der Waals surface area contributed by atoms with Crippen molar-refractivity contribution in [1.82, 2.24) is 0 Å². The van der Waals surface area contributed by atoms with Gasteiger partial charge in [0.15, 0.2) is 9.84 Å². The van der Waals surface area contributed by atoms with Crippen LogP contribution in [0.25, 0.3) is 0 Å².